The number of rotatable bonds is 5. The van der Waals surface area contributed by atoms with Crippen molar-refractivity contribution in [3.63, 3.8) is 0 Å². The third kappa shape index (κ3) is 3.27. The van der Waals surface area contributed by atoms with Crippen LogP contribution < -0.4 is 5.32 Å². The summed E-state index contributed by atoms with van der Waals surface area (Å²) in [5, 5.41) is 12.9. The number of Topliss-reactive ketones (excluding diaryl/α,β-unsaturated/α-hetero) is 1. The van der Waals surface area contributed by atoms with Gasteiger partial charge in [0, 0.05) is 11.6 Å². The molecule has 1 amide bonds. The largest absolute Gasteiger partial charge is 0.344 e. The lowest BCUT2D eigenvalue weighted by Gasteiger charge is -2.02. The zero-order valence-corrected chi connectivity index (χ0v) is 11.1. The Morgan fingerprint density at radius 2 is 1.85 bits per heavy atom. The number of hydrogen-bond acceptors (Lipinski definition) is 5. The minimum atomic E-state index is -0.559. The van der Waals surface area contributed by atoms with E-state index in [9.17, 15) is 19.7 Å². The molecule has 0 radical (unpaired) electrons. The molecule has 0 unspecified atom stereocenters. The zero-order chi connectivity index (χ0) is 14.5. The van der Waals surface area contributed by atoms with Crippen LogP contribution in [0, 0.1) is 10.1 Å². The molecule has 1 aromatic heterocycles. The van der Waals surface area contributed by atoms with Gasteiger partial charge in [0.05, 0.1) is 16.3 Å². The fourth-order valence-electron chi connectivity index (χ4n) is 1.52. The van der Waals surface area contributed by atoms with E-state index in [2.05, 4.69) is 5.32 Å². The van der Waals surface area contributed by atoms with Gasteiger partial charge in [0.1, 0.15) is 0 Å². The molecule has 7 heteroatoms. The van der Waals surface area contributed by atoms with Gasteiger partial charge >= 0.3 is 5.00 Å². The number of ketones is 1. The van der Waals surface area contributed by atoms with Gasteiger partial charge in [-0.25, -0.2) is 0 Å². The van der Waals surface area contributed by atoms with Gasteiger partial charge < -0.3 is 5.32 Å². The van der Waals surface area contributed by atoms with Crippen LogP contribution in [0.25, 0.3) is 0 Å². The molecule has 1 heterocycles. The summed E-state index contributed by atoms with van der Waals surface area (Å²) in [6, 6.07) is 11.2. The molecule has 0 fully saturated rings. The number of carbonyl (C=O) groups excluding carboxylic acids is 2. The minimum absolute atomic E-state index is 0.107. The topological polar surface area (TPSA) is 89.3 Å². The van der Waals surface area contributed by atoms with Crippen molar-refractivity contribution >= 4 is 28.0 Å². The maximum atomic E-state index is 11.8. The van der Waals surface area contributed by atoms with E-state index in [1.807, 2.05) is 0 Å². The fraction of sp³-hybridized carbons (Fsp3) is 0.0769. The molecule has 2 rings (SSSR count). The Labute approximate surface area is 118 Å². The summed E-state index contributed by atoms with van der Waals surface area (Å²) >= 11 is 0.774. The minimum Gasteiger partial charge on any atom is -0.344 e. The van der Waals surface area contributed by atoms with Gasteiger partial charge in [0.25, 0.3) is 5.91 Å². The molecule has 102 valence electrons. The van der Waals surface area contributed by atoms with E-state index >= 15 is 0 Å². The second-order valence-electron chi connectivity index (χ2n) is 3.87. The summed E-state index contributed by atoms with van der Waals surface area (Å²) in [6.45, 7) is -0.144. The monoisotopic (exact) mass is 290 g/mol. The van der Waals surface area contributed by atoms with Gasteiger partial charge in [-0.05, 0) is 6.07 Å². The molecule has 0 saturated heterocycles. The molecular formula is C13H10N2O4S. The predicted octanol–water partition coefficient (Wildman–Crippen LogP) is 2.27. The highest BCUT2D eigenvalue weighted by molar-refractivity contribution is 7.17. The van der Waals surface area contributed by atoms with Crippen molar-refractivity contribution in [2.24, 2.45) is 0 Å². The molecule has 0 aliphatic carbocycles. The lowest BCUT2D eigenvalue weighted by molar-refractivity contribution is -0.380. The molecule has 0 saturated carbocycles. The van der Waals surface area contributed by atoms with Crippen LogP contribution in [0.3, 0.4) is 0 Å². The zero-order valence-electron chi connectivity index (χ0n) is 10.2. The van der Waals surface area contributed by atoms with Gasteiger partial charge in [-0.15, -0.1) is 0 Å². The van der Waals surface area contributed by atoms with E-state index in [-0.39, 0.29) is 22.2 Å². The fourth-order valence-corrected chi connectivity index (χ4v) is 2.26. The van der Waals surface area contributed by atoms with Crippen molar-refractivity contribution in [3.05, 3.63) is 63.0 Å². The number of hydrogen-bond donors (Lipinski definition) is 1. The predicted molar refractivity (Wildman–Crippen MR) is 74.1 cm³/mol. The van der Waals surface area contributed by atoms with E-state index in [1.54, 1.807) is 30.3 Å². The summed E-state index contributed by atoms with van der Waals surface area (Å²) in [5.41, 5.74) is 0.505. The van der Waals surface area contributed by atoms with Crippen LogP contribution in [0.15, 0.2) is 42.5 Å². The quantitative estimate of drug-likeness (QED) is 0.519. The third-order valence-electron chi connectivity index (χ3n) is 2.50. The smallest absolute Gasteiger partial charge is 0.324 e. The summed E-state index contributed by atoms with van der Waals surface area (Å²) in [4.78, 5) is 33.7. The van der Waals surface area contributed by atoms with Crippen LogP contribution in [0.5, 0.6) is 0 Å². The van der Waals surface area contributed by atoms with Crippen molar-refractivity contribution in [2.45, 2.75) is 0 Å². The van der Waals surface area contributed by atoms with Crippen molar-refractivity contribution < 1.29 is 14.5 Å². The number of nitro groups is 1. The molecule has 2 aromatic rings. The van der Waals surface area contributed by atoms with Gasteiger partial charge in [-0.2, -0.15) is 0 Å². The van der Waals surface area contributed by atoms with Crippen molar-refractivity contribution in [1.29, 1.82) is 0 Å². The molecule has 0 spiro atoms. The van der Waals surface area contributed by atoms with Crippen LogP contribution in [-0.2, 0) is 0 Å². The van der Waals surface area contributed by atoms with Crippen molar-refractivity contribution in [2.75, 3.05) is 6.54 Å². The number of carbonyl (C=O) groups is 2. The average Bonchev–Trinajstić information content (AvgIpc) is 2.95. The Hall–Kier alpha value is -2.54. The van der Waals surface area contributed by atoms with E-state index < -0.39 is 10.8 Å². The summed E-state index contributed by atoms with van der Waals surface area (Å²) < 4.78 is 0. The van der Waals surface area contributed by atoms with Crippen LogP contribution in [0.1, 0.15) is 20.0 Å². The maximum Gasteiger partial charge on any atom is 0.324 e. The summed E-state index contributed by atoms with van der Waals surface area (Å²) in [7, 11) is 0. The van der Waals surface area contributed by atoms with E-state index in [4.69, 9.17) is 0 Å². The van der Waals surface area contributed by atoms with E-state index in [1.165, 1.54) is 12.1 Å². The highest BCUT2D eigenvalue weighted by Crippen LogP contribution is 2.23. The van der Waals surface area contributed by atoms with Gasteiger partial charge in [-0.3, -0.25) is 19.7 Å². The van der Waals surface area contributed by atoms with Crippen LogP contribution in [0.2, 0.25) is 0 Å². The molecule has 0 atom stereocenters. The Bertz CT molecular complexity index is 651. The lowest BCUT2D eigenvalue weighted by Crippen LogP contribution is -2.28. The second kappa shape index (κ2) is 6.07. The van der Waals surface area contributed by atoms with Crippen LogP contribution in [-0.4, -0.2) is 23.2 Å². The first-order valence-electron chi connectivity index (χ1n) is 5.68. The molecule has 1 N–H and O–H groups in total. The molecule has 0 bridgehead atoms. The molecule has 0 aliphatic rings. The highest BCUT2D eigenvalue weighted by atomic mass is 32.1. The SMILES string of the molecule is O=C(CNC(=O)c1ccc([N+](=O)[O-])s1)c1ccccc1. The van der Waals surface area contributed by atoms with Gasteiger partial charge in [-0.1, -0.05) is 41.7 Å². The Morgan fingerprint density at radius 1 is 1.15 bits per heavy atom. The van der Waals surface area contributed by atoms with Crippen molar-refractivity contribution in [3.8, 4) is 0 Å². The van der Waals surface area contributed by atoms with E-state index in [0.29, 0.717) is 5.56 Å². The van der Waals surface area contributed by atoms with Crippen molar-refractivity contribution in [1.82, 2.24) is 5.32 Å². The Kier molecular flexibility index (Phi) is 4.21. The van der Waals surface area contributed by atoms with Crippen LogP contribution >= 0.6 is 11.3 Å². The number of benzene rings is 1. The third-order valence-corrected chi connectivity index (χ3v) is 3.54. The first kappa shape index (κ1) is 13.9. The van der Waals surface area contributed by atoms with Gasteiger partial charge in [0.15, 0.2) is 5.78 Å². The molecule has 0 aliphatic heterocycles. The highest BCUT2D eigenvalue weighted by Gasteiger charge is 2.16. The first-order chi connectivity index (χ1) is 9.58. The summed E-state index contributed by atoms with van der Waals surface area (Å²) in [6.07, 6.45) is 0. The molecule has 20 heavy (non-hydrogen) atoms. The summed E-state index contributed by atoms with van der Waals surface area (Å²) in [5.74, 6) is -0.711. The number of nitrogens with zero attached hydrogens (tertiary/aromatic N) is 1. The number of thiophene rings is 1. The Morgan fingerprint density at radius 3 is 2.45 bits per heavy atom. The van der Waals surface area contributed by atoms with Gasteiger partial charge in [0.2, 0.25) is 0 Å². The molecular weight excluding hydrogens is 280 g/mol. The molecule has 1 aromatic carbocycles. The lowest BCUT2D eigenvalue weighted by atomic mass is 10.1. The molecule has 6 nitrogen and oxygen atoms in total. The second-order valence-corrected chi connectivity index (χ2v) is 4.93. The first-order valence-corrected chi connectivity index (χ1v) is 6.50. The normalized spacial score (nSPS) is 10.0. The standard InChI is InChI=1S/C13H10N2O4S/c16-10(9-4-2-1-3-5-9)8-14-13(17)11-6-7-12(20-11)15(18)19/h1-7H,8H2,(H,14,17). The van der Waals surface area contributed by atoms with Crippen LogP contribution in [0.4, 0.5) is 5.00 Å². The Balaban J connectivity index is 1.95. The maximum absolute atomic E-state index is 11.8. The average molecular weight is 290 g/mol. The number of nitrogens with one attached hydrogen (secondary N) is 1. The number of amides is 1. The van der Waals surface area contributed by atoms with E-state index in [0.717, 1.165) is 11.3 Å².